The zero-order valence-electron chi connectivity index (χ0n) is 14.7. The minimum atomic E-state index is -0.297. The summed E-state index contributed by atoms with van der Waals surface area (Å²) in [7, 11) is 0. The molecule has 0 N–H and O–H groups in total. The molecule has 1 aliphatic heterocycles. The van der Waals surface area contributed by atoms with Gasteiger partial charge in [0.15, 0.2) is 0 Å². The minimum Gasteiger partial charge on any atom is -0.488 e. The van der Waals surface area contributed by atoms with Gasteiger partial charge in [-0.15, -0.1) is 0 Å². The van der Waals surface area contributed by atoms with Crippen LogP contribution in [0.25, 0.3) is 16.7 Å². The van der Waals surface area contributed by atoms with Crippen LogP contribution in [0.2, 0.25) is 0 Å². The highest BCUT2D eigenvalue weighted by atomic mass is 19.1. The maximum Gasteiger partial charge on any atom is 0.123 e. The lowest BCUT2D eigenvalue weighted by atomic mass is 9.90. The molecular weight excluding hydrogens is 299 g/mol. The fraction of sp³-hybridized carbons (Fsp3) is 0.273. The second-order valence-corrected chi connectivity index (χ2v) is 6.79. The van der Waals surface area contributed by atoms with E-state index in [4.69, 9.17) is 4.74 Å². The van der Waals surface area contributed by atoms with Crippen molar-refractivity contribution in [2.45, 2.75) is 39.7 Å². The van der Waals surface area contributed by atoms with Crippen LogP contribution in [-0.2, 0) is 11.2 Å². The van der Waals surface area contributed by atoms with Crippen molar-refractivity contribution >= 4 is 5.57 Å². The number of hydrogen-bond donors (Lipinski definition) is 0. The Hall–Kier alpha value is -2.35. The molecule has 0 atom stereocenters. The number of rotatable bonds is 3. The summed E-state index contributed by atoms with van der Waals surface area (Å²) in [5.41, 5.74) is 5.57. The van der Waals surface area contributed by atoms with E-state index >= 15 is 0 Å². The maximum atomic E-state index is 13.1. The average Bonchev–Trinajstić information content (AvgIpc) is 2.53. The molecule has 1 nitrogen and oxygen atoms in total. The topological polar surface area (TPSA) is 9.23 Å². The van der Waals surface area contributed by atoms with Crippen molar-refractivity contribution in [1.82, 2.24) is 0 Å². The summed E-state index contributed by atoms with van der Waals surface area (Å²) >= 11 is 0. The first-order chi connectivity index (χ1) is 11.4. The van der Waals surface area contributed by atoms with Crippen molar-refractivity contribution in [3.05, 3.63) is 77.3 Å². The molecule has 1 aliphatic rings. The molecule has 124 valence electrons. The molecule has 2 aromatic rings. The van der Waals surface area contributed by atoms with Crippen LogP contribution in [0.4, 0.5) is 4.39 Å². The summed E-state index contributed by atoms with van der Waals surface area (Å²) in [5.74, 6) is 0.725. The highest BCUT2D eigenvalue weighted by molar-refractivity contribution is 5.80. The Morgan fingerprint density at radius 1 is 1.00 bits per heavy atom. The van der Waals surface area contributed by atoms with E-state index in [-0.39, 0.29) is 11.4 Å². The number of aryl methyl sites for hydroxylation is 1. The third kappa shape index (κ3) is 3.43. The average molecular weight is 322 g/mol. The Bertz CT molecular complexity index is 810. The standard InChI is InChI=1S/C22H23FO/c1-5-16-13-18(17-6-9-20(23)10-7-17)8-11-21(16)19-12-15(2)24-22(3,4)14-19/h6-14H,5H2,1-4H3. The predicted octanol–water partition coefficient (Wildman–Crippen LogP) is 6.15. The molecule has 0 saturated heterocycles. The Kier molecular flexibility index (Phi) is 4.31. The summed E-state index contributed by atoms with van der Waals surface area (Å²) in [6, 6.07) is 13.1. The van der Waals surface area contributed by atoms with Gasteiger partial charge in [-0.05, 0) is 79.3 Å². The van der Waals surface area contributed by atoms with Gasteiger partial charge < -0.3 is 4.74 Å². The fourth-order valence-corrected chi connectivity index (χ4v) is 3.25. The van der Waals surface area contributed by atoms with Gasteiger partial charge in [-0.1, -0.05) is 37.3 Å². The van der Waals surface area contributed by atoms with E-state index in [1.165, 1.54) is 28.8 Å². The first-order valence-electron chi connectivity index (χ1n) is 8.37. The van der Waals surface area contributed by atoms with Gasteiger partial charge in [0, 0.05) is 0 Å². The first kappa shape index (κ1) is 16.5. The van der Waals surface area contributed by atoms with Crippen LogP contribution in [0.5, 0.6) is 0 Å². The molecule has 0 bridgehead atoms. The molecule has 0 spiro atoms. The molecular formula is C22H23FO. The van der Waals surface area contributed by atoms with E-state index in [1.54, 1.807) is 0 Å². The van der Waals surface area contributed by atoms with Crippen LogP contribution < -0.4 is 0 Å². The summed E-state index contributed by atoms with van der Waals surface area (Å²) < 4.78 is 19.0. The SMILES string of the molecule is CCc1cc(-c2ccc(F)cc2)ccc1C1=CC(C)(C)OC(C)=C1. The maximum absolute atomic E-state index is 13.1. The van der Waals surface area contributed by atoms with E-state index in [9.17, 15) is 4.39 Å². The summed E-state index contributed by atoms with van der Waals surface area (Å²) in [6.07, 6.45) is 5.21. The lowest BCUT2D eigenvalue weighted by molar-refractivity contribution is 0.0773. The van der Waals surface area contributed by atoms with Gasteiger partial charge in [0.05, 0.1) is 5.76 Å². The molecule has 0 unspecified atom stereocenters. The molecule has 2 aromatic carbocycles. The molecule has 0 aromatic heterocycles. The van der Waals surface area contributed by atoms with Crippen LogP contribution in [0.1, 0.15) is 38.8 Å². The molecule has 1 heterocycles. The molecule has 0 aliphatic carbocycles. The number of benzene rings is 2. The predicted molar refractivity (Wildman–Crippen MR) is 98.1 cm³/mol. The van der Waals surface area contributed by atoms with Crippen molar-refractivity contribution in [2.24, 2.45) is 0 Å². The van der Waals surface area contributed by atoms with Crippen molar-refractivity contribution < 1.29 is 9.13 Å². The highest BCUT2D eigenvalue weighted by Crippen LogP contribution is 2.33. The molecule has 24 heavy (non-hydrogen) atoms. The molecule has 0 radical (unpaired) electrons. The fourth-order valence-electron chi connectivity index (χ4n) is 3.25. The zero-order valence-corrected chi connectivity index (χ0v) is 14.7. The Morgan fingerprint density at radius 2 is 1.67 bits per heavy atom. The van der Waals surface area contributed by atoms with Gasteiger partial charge in [-0.2, -0.15) is 0 Å². The van der Waals surface area contributed by atoms with Crippen molar-refractivity contribution in [2.75, 3.05) is 0 Å². The van der Waals surface area contributed by atoms with Crippen LogP contribution in [0.15, 0.2) is 60.4 Å². The van der Waals surface area contributed by atoms with Gasteiger partial charge in [-0.3, -0.25) is 0 Å². The van der Waals surface area contributed by atoms with E-state index in [1.807, 2.05) is 19.1 Å². The van der Waals surface area contributed by atoms with Gasteiger partial charge in [0.2, 0.25) is 0 Å². The molecule has 2 heteroatoms. The van der Waals surface area contributed by atoms with E-state index in [0.29, 0.717) is 0 Å². The van der Waals surface area contributed by atoms with Crippen LogP contribution in [0, 0.1) is 5.82 Å². The van der Waals surface area contributed by atoms with E-state index in [2.05, 4.69) is 51.1 Å². The molecule has 0 saturated carbocycles. The normalized spacial score (nSPS) is 16.2. The monoisotopic (exact) mass is 322 g/mol. The van der Waals surface area contributed by atoms with Crippen LogP contribution in [-0.4, -0.2) is 5.60 Å². The Labute approximate surface area is 143 Å². The van der Waals surface area contributed by atoms with Gasteiger partial charge >= 0.3 is 0 Å². The largest absolute Gasteiger partial charge is 0.488 e. The smallest absolute Gasteiger partial charge is 0.123 e. The minimum absolute atomic E-state index is 0.207. The number of allylic oxidation sites excluding steroid dienone is 3. The van der Waals surface area contributed by atoms with Gasteiger partial charge in [0.1, 0.15) is 11.4 Å². The molecule has 0 fully saturated rings. The number of ether oxygens (including phenoxy) is 1. The van der Waals surface area contributed by atoms with Crippen molar-refractivity contribution in [1.29, 1.82) is 0 Å². The highest BCUT2D eigenvalue weighted by Gasteiger charge is 2.22. The quantitative estimate of drug-likeness (QED) is 0.658. The van der Waals surface area contributed by atoms with Gasteiger partial charge in [0.25, 0.3) is 0 Å². The first-order valence-corrected chi connectivity index (χ1v) is 8.37. The lowest BCUT2D eigenvalue weighted by Crippen LogP contribution is -2.23. The van der Waals surface area contributed by atoms with Crippen LogP contribution >= 0.6 is 0 Å². The zero-order chi connectivity index (χ0) is 17.3. The number of hydrogen-bond acceptors (Lipinski definition) is 1. The van der Waals surface area contributed by atoms with Crippen molar-refractivity contribution in [3.8, 4) is 11.1 Å². The molecule has 0 amide bonds. The lowest BCUT2D eigenvalue weighted by Gasteiger charge is -2.29. The Balaban J connectivity index is 2.04. The van der Waals surface area contributed by atoms with Gasteiger partial charge in [-0.25, -0.2) is 4.39 Å². The summed E-state index contributed by atoms with van der Waals surface area (Å²) in [6.45, 7) is 8.30. The second kappa shape index (κ2) is 6.27. The van der Waals surface area contributed by atoms with E-state index < -0.39 is 0 Å². The van der Waals surface area contributed by atoms with E-state index in [0.717, 1.165) is 23.3 Å². The number of halogens is 1. The third-order valence-corrected chi connectivity index (χ3v) is 4.26. The summed E-state index contributed by atoms with van der Waals surface area (Å²) in [5, 5.41) is 0. The third-order valence-electron chi connectivity index (χ3n) is 4.26. The second-order valence-electron chi connectivity index (χ2n) is 6.79. The summed E-state index contributed by atoms with van der Waals surface area (Å²) in [4.78, 5) is 0. The van der Waals surface area contributed by atoms with Crippen LogP contribution in [0.3, 0.4) is 0 Å². The van der Waals surface area contributed by atoms with Crippen molar-refractivity contribution in [3.63, 3.8) is 0 Å². The Morgan fingerprint density at radius 3 is 2.29 bits per heavy atom. The molecule has 3 rings (SSSR count).